The zero-order valence-corrected chi connectivity index (χ0v) is 21.6. The number of amides is 1. The van der Waals surface area contributed by atoms with Crippen LogP contribution >= 0.6 is 0 Å². The molecule has 0 spiro atoms. The fraction of sp³-hybridized carbons (Fsp3) is 0.258. The van der Waals surface area contributed by atoms with Gasteiger partial charge in [-0.1, -0.05) is 66.2 Å². The van der Waals surface area contributed by atoms with Crippen LogP contribution in [-0.4, -0.2) is 26.8 Å². The molecule has 0 saturated heterocycles. The van der Waals surface area contributed by atoms with Crippen molar-refractivity contribution in [3.05, 3.63) is 111 Å². The summed E-state index contributed by atoms with van der Waals surface area (Å²) >= 11 is 0. The molecule has 0 unspecified atom stereocenters. The summed E-state index contributed by atoms with van der Waals surface area (Å²) in [7, 11) is 0. The Morgan fingerprint density at radius 2 is 1.62 bits per heavy atom. The zero-order chi connectivity index (χ0) is 25.9. The van der Waals surface area contributed by atoms with E-state index in [9.17, 15) is 9.59 Å². The van der Waals surface area contributed by atoms with Crippen LogP contribution in [0.1, 0.15) is 34.2 Å². The number of nitrogens with zero attached hydrogens (tertiary/aromatic N) is 3. The third kappa shape index (κ3) is 5.05. The van der Waals surface area contributed by atoms with Gasteiger partial charge in [-0.25, -0.2) is 4.68 Å². The molecule has 6 nitrogen and oxygen atoms in total. The zero-order valence-electron chi connectivity index (χ0n) is 21.6. The molecule has 1 amide bonds. The van der Waals surface area contributed by atoms with Crippen LogP contribution in [0.5, 0.6) is 0 Å². The number of carbonyl (C=O) groups is 1. The second kappa shape index (κ2) is 10.4. The van der Waals surface area contributed by atoms with Crippen LogP contribution in [0.4, 0.5) is 0 Å². The second-order valence-corrected chi connectivity index (χ2v) is 9.79. The van der Waals surface area contributed by atoms with E-state index < -0.39 is 0 Å². The van der Waals surface area contributed by atoms with Gasteiger partial charge in [0, 0.05) is 29.4 Å². The van der Waals surface area contributed by atoms with Crippen LogP contribution in [0.15, 0.2) is 77.7 Å². The summed E-state index contributed by atoms with van der Waals surface area (Å²) in [6.45, 7) is 7.35. The third-order valence-electron chi connectivity index (χ3n) is 7.03. The summed E-state index contributed by atoms with van der Waals surface area (Å²) in [5.74, 6) is -0.213. The van der Waals surface area contributed by atoms with Gasteiger partial charge in [0.25, 0.3) is 5.56 Å². The molecule has 3 aromatic carbocycles. The molecule has 0 aliphatic rings. The van der Waals surface area contributed by atoms with E-state index in [1.54, 1.807) is 6.20 Å². The van der Waals surface area contributed by atoms with Crippen LogP contribution in [-0.2, 0) is 24.3 Å². The van der Waals surface area contributed by atoms with Gasteiger partial charge in [0.2, 0.25) is 5.91 Å². The van der Waals surface area contributed by atoms with Crippen LogP contribution in [0.25, 0.3) is 21.8 Å². The Bertz CT molecular complexity index is 1620. The highest BCUT2D eigenvalue weighted by Gasteiger charge is 2.18. The van der Waals surface area contributed by atoms with Crippen molar-refractivity contribution in [3.8, 4) is 0 Å². The van der Waals surface area contributed by atoms with Gasteiger partial charge in [0.05, 0.1) is 6.20 Å². The maximum atomic E-state index is 13.7. The van der Waals surface area contributed by atoms with Gasteiger partial charge in [-0.15, -0.1) is 0 Å². The van der Waals surface area contributed by atoms with Crippen molar-refractivity contribution in [2.45, 2.75) is 46.7 Å². The van der Waals surface area contributed by atoms with Gasteiger partial charge in [-0.3, -0.25) is 9.59 Å². The first-order chi connectivity index (χ1) is 17.9. The van der Waals surface area contributed by atoms with Crippen molar-refractivity contribution >= 4 is 27.7 Å². The molecule has 5 aromatic rings. The minimum atomic E-state index is -0.254. The molecule has 188 valence electrons. The predicted molar refractivity (Wildman–Crippen MR) is 149 cm³/mol. The molecule has 5 rings (SSSR count). The third-order valence-corrected chi connectivity index (χ3v) is 7.03. The van der Waals surface area contributed by atoms with E-state index in [0.717, 1.165) is 29.1 Å². The minimum Gasteiger partial charge on any atom is -0.354 e. The summed E-state index contributed by atoms with van der Waals surface area (Å²) in [5.41, 5.74) is 7.38. The van der Waals surface area contributed by atoms with Crippen LogP contribution in [0.2, 0.25) is 0 Å². The number of nitrogens with one attached hydrogen (secondary N) is 1. The molecular weight excluding hydrogens is 460 g/mol. The Morgan fingerprint density at radius 3 is 2.38 bits per heavy atom. The normalized spacial score (nSPS) is 11.3. The number of rotatable bonds is 8. The molecule has 0 radical (unpaired) electrons. The summed E-state index contributed by atoms with van der Waals surface area (Å²) in [4.78, 5) is 26.3. The van der Waals surface area contributed by atoms with E-state index in [-0.39, 0.29) is 18.0 Å². The Morgan fingerprint density at radius 1 is 0.919 bits per heavy atom. The fourth-order valence-electron chi connectivity index (χ4n) is 5.24. The van der Waals surface area contributed by atoms with Crippen molar-refractivity contribution < 1.29 is 4.79 Å². The van der Waals surface area contributed by atoms with Gasteiger partial charge >= 0.3 is 0 Å². The molecule has 6 heteroatoms. The van der Waals surface area contributed by atoms with Crippen LogP contribution in [0, 0.1) is 20.8 Å². The molecule has 0 bridgehead atoms. The summed E-state index contributed by atoms with van der Waals surface area (Å²) in [6, 6.07) is 22.6. The number of aryl methyl sites for hydroxylation is 4. The average Bonchev–Trinajstić information content (AvgIpc) is 3.20. The number of hydrogen-bond donors (Lipinski definition) is 1. The number of aromatic nitrogens is 3. The summed E-state index contributed by atoms with van der Waals surface area (Å²) in [5, 5.41) is 9.10. The number of hydrogen-bond acceptors (Lipinski definition) is 3. The maximum absolute atomic E-state index is 13.7. The lowest BCUT2D eigenvalue weighted by Crippen LogP contribution is -2.34. The highest BCUT2D eigenvalue weighted by atomic mass is 16.2. The summed E-state index contributed by atoms with van der Waals surface area (Å²) < 4.78 is 3.35. The molecule has 2 aromatic heterocycles. The van der Waals surface area contributed by atoms with Crippen LogP contribution < -0.4 is 10.9 Å². The van der Waals surface area contributed by atoms with E-state index in [4.69, 9.17) is 0 Å². The highest BCUT2D eigenvalue weighted by Crippen LogP contribution is 2.28. The Labute approximate surface area is 216 Å². The second-order valence-electron chi connectivity index (χ2n) is 9.79. The molecule has 0 fully saturated rings. The van der Waals surface area contributed by atoms with Gasteiger partial charge in [-0.2, -0.15) is 5.10 Å². The molecular formula is C31H32N4O2. The van der Waals surface area contributed by atoms with E-state index in [1.165, 1.54) is 32.5 Å². The van der Waals surface area contributed by atoms with Gasteiger partial charge in [0.1, 0.15) is 12.1 Å². The lowest BCUT2D eigenvalue weighted by Gasteiger charge is -2.14. The number of carbonyl (C=O) groups excluding carboxylic acids is 1. The monoisotopic (exact) mass is 492 g/mol. The Kier molecular flexibility index (Phi) is 6.91. The van der Waals surface area contributed by atoms with Gasteiger partial charge in [0.15, 0.2) is 0 Å². The fourth-order valence-corrected chi connectivity index (χ4v) is 5.24. The topological polar surface area (TPSA) is 68.9 Å². The highest BCUT2D eigenvalue weighted by molar-refractivity contribution is 6.07. The van der Waals surface area contributed by atoms with Crippen LogP contribution in [0.3, 0.4) is 0 Å². The lowest BCUT2D eigenvalue weighted by atomic mass is 10.00. The quantitative estimate of drug-likeness (QED) is 0.307. The molecule has 1 N–H and O–H groups in total. The standard InChI is InChI=1S/C31H32N4O2/c1-21-16-22(2)27(23(3)17-21)19-34-28-14-8-7-13-25(28)26-18-33-35(31(37)30(26)34)20-29(36)32-15-9-12-24-10-5-4-6-11-24/h4-8,10-11,13-14,16-18H,9,12,15,19-20H2,1-3H3,(H,32,36). The molecule has 0 aliphatic heterocycles. The first kappa shape index (κ1) is 24.5. The summed E-state index contributed by atoms with van der Waals surface area (Å²) in [6.07, 6.45) is 3.44. The molecule has 0 aliphatic carbocycles. The van der Waals surface area contributed by atoms with E-state index in [2.05, 4.69) is 60.0 Å². The van der Waals surface area contributed by atoms with E-state index in [1.807, 2.05) is 42.5 Å². The molecule has 0 atom stereocenters. The van der Waals surface area contributed by atoms with Crippen molar-refractivity contribution in [2.24, 2.45) is 0 Å². The smallest absolute Gasteiger partial charge is 0.291 e. The average molecular weight is 493 g/mol. The SMILES string of the molecule is Cc1cc(C)c(Cn2c3ccccc3c3cnn(CC(=O)NCCCc4ccccc4)c(=O)c32)c(C)c1. The Hall–Kier alpha value is -4.19. The molecule has 37 heavy (non-hydrogen) atoms. The predicted octanol–water partition coefficient (Wildman–Crippen LogP) is 5.07. The first-order valence-electron chi connectivity index (χ1n) is 12.8. The van der Waals surface area contributed by atoms with Gasteiger partial charge in [-0.05, 0) is 61.9 Å². The molecule has 0 saturated carbocycles. The van der Waals surface area contributed by atoms with Gasteiger partial charge < -0.3 is 9.88 Å². The number of benzene rings is 3. The maximum Gasteiger partial charge on any atom is 0.291 e. The van der Waals surface area contributed by atoms with E-state index in [0.29, 0.717) is 18.6 Å². The minimum absolute atomic E-state index is 0.107. The Balaban J connectivity index is 1.42. The molecule has 2 heterocycles. The van der Waals surface area contributed by atoms with Crippen molar-refractivity contribution in [3.63, 3.8) is 0 Å². The first-order valence-corrected chi connectivity index (χ1v) is 12.8. The van der Waals surface area contributed by atoms with E-state index >= 15 is 0 Å². The number of para-hydroxylation sites is 1. The van der Waals surface area contributed by atoms with Crippen molar-refractivity contribution in [1.82, 2.24) is 19.7 Å². The van der Waals surface area contributed by atoms with Crippen molar-refractivity contribution in [2.75, 3.05) is 6.54 Å². The van der Waals surface area contributed by atoms with Crippen molar-refractivity contribution in [1.29, 1.82) is 0 Å². The lowest BCUT2D eigenvalue weighted by molar-refractivity contribution is -0.121. The number of fused-ring (bicyclic) bond motifs is 3. The largest absolute Gasteiger partial charge is 0.354 e.